The first kappa shape index (κ1) is 55.4. The molecular weight excluding hydrogens is 709 g/mol. The minimum absolute atomic E-state index is 0.0642. The molecular formula is C51H98O6. The van der Waals surface area contributed by atoms with Crippen LogP contribution < -0.4 is 0 Å². The maximum atomic E-state index is 12.8. The summed E-state index contributed by atoms with van der Waals surface area (Å²) in [5.41, 5.74) is 0. The summed E-state index contributed by atoms with van der Waals surface area (Å²) in [5, 5.41) is 0. The Hall–Kier alpha value is -1.59. The lowest BCUT2D eigenvalue weighted by molar-refractivity contribution is -0.167. The van der Waals surface area contributed by atoms with E-state index in [1.54, 1.807) is 0 Å². The highest BCUT2D eigenvalue weighted by Crippen LogP contribution is 2.18. The number of carbonyl (C=O) groups is 3. The molecule has 0 aromatic carbocycles. The summed E-state index contributed by atoms with van der Waals surface area (Å²) in [7, 11) is 0. The minimum atomic E-state index is -0.761. The van der Waals surface area contributed by atoms with E-state index in [0.717, 1.165) is 69.6 Å². The van der Waals surface area contributed by atoms with Crippen molar-refractivity contribution in [2.45, 2.75) is 285 Å². The van der Waals surface area contributed by atoms with E-state index in [1.807, 2.05) is 0 Å². The van der Waals surface area contributed by atoms with Crippen molar-refractivity contribution in [3.05, 3.63) is 0 Å². The molecule has 0 spiro atoms. The number of rotatable bonds is 45. The number of esters is 3. The molecule has 0 aromatic rings. The fourth-order valence-electron chi connectivity index (χ4n) is 7.60. The van der Waals surface area contributed by atoms with Crippen LogP contribution in [-0.4, -0.2) is 37.2 Å². The van der Waals surface area contributed by atoms with Gasteiger partial charge in [-0.2, -0.15) is 0 Å². The SMILES string of the molecule is CCCCCCCCCCCCCCC(=O)OC[C@@H](COC(=O)CCCCCCCCCCCCCCC(C)C)OC(=O)CCCCCCCCCCC(C)CC. The van der Waals surface area contributed by atoms with E-state index in [-0.39, 0.29) is 31.1 Å². The van der Waals surface area contributed by atoms with E-state index in [0.29, 0.717) is 19.3 Å². The molecule has 0 heterocycles. The Balaban J connectivity index is 4.32. The average Bonchev–Trinajstić information content (AvgIpc) is 3.19. The smallest absolute Gasteiger partial charge is 0.306 e. The van der Waals surface area contributed by atoms with Gasteiger partial charge in [-0.3, -0.25) is 14.4 Å². The fraction of sp³-hybridized carbons (Fsp3) is 0.941. The van der Waals surface area contributed by atoms with Crippen LogP contribution in [0.25, 0.3) is 0 Å². The lowest BCUT2D eigenvalue weighted by atomic mass is 9.99. The van der Waals surface area contributed by atoms with E-state index < -0.39 is 6.10 Å². The maximum absolute atomic E-state index is 12.8. The first-order chi connectivity index (χ1) is 27.8. The highest BCUT2D eigenvalue weighted by atomic mass is 16.6. The molecule has 1 unspecified atom stereocenters. The van der Waals surface area contributed by atoms with Crippen molar-refractivity contribution in [2.75, 3.05) is 13.2 Å². The zero-order valence-corrected chi connectivity index (χ0v) is 39.0. The lowest BCUT2D eigenvalue weighted by Gasteiger charge is -2.18. The molecule has 0 bridgehead atoms. The van der Waals surface area contributed by atoms with E-state index in [9.17, 15) is 14.4 Å². The molecule has 0 radical (unpaired) electrons. The first-order valence-electron chi connectivity index (χ1n) is 25.3. The second kappa shape index (κ2) is 44.0. The van der Waals surface area contributed by atoms with Gasteiger partial charge in [-0.1, -0.05) is 240 Å². The third-order valence-electron chi connectivity index (χ3n) is 11.8. The molecule has 0 saturated carbocycles. The third-order valence-corrected chi connectivity index (χ3v) is 11.8. The van der Waals surface area contributed by atoms with Crippen LogP contribution in [0.3, 0.4) is 0 Å². The van der Waals surface area contributed by atoms with Crippen molar-refractivity contribution in [3.8, 4) is 0 Å². The molecule has 0 aliphatic rings. The predicted octanol–water partition coefficient (Wildman–Crippen LogP) is 16.1. The minimum Gasteiger partial charge on any atom is -0.462 e. The fourth-order valence-corrected chi connectivity index (χ4v) is 7.60. The number of hydrogen-bond acceptors (Lipinski definition) is 6. The lowest BCUT2D eigenvalue weighted by Crippen LogP contribution is -2.30. The highest BCUT2D eigenvalue weighted by molar-refractivity contribution is 5.71. The van der Waals surface area contributed by atoms with Crippen LogP contribution in [0.2, 0.25) is 0 Å². The Kier molecular flexibility index (Phi) is 42.7. The molecule has 0 aromatic heterocycles. The Morgan fingerprint density at radius 1 is 0.368 bits per heavy atom. The Bertz CT molecular complexity index is 872. The molecule has 0 aliphatic heterocycles. The molecule has 0 amide bonds. The van der Waals surface area contributed by atoms with Crippen LogP contribution in [-0.2, 0) is 28.6 Å². The molecule has 0 N–H and O–H groups in total. The summed E-state index contributed by atoms with van der Waals surface area (Å²) < 4.78 is 16.8. The zero-order valence-electron chi connectivity index (χ0n) is 39.0. The van der Waals surface area contributed by atoms with Gasteiger partial charge in [0.05, 0.1) is 0 Å². The number of hydrogen-bond donors (Lipinski definition) is 0. The van der Waals surface area contributed by atoms with E-state index in [1.165, 1.54) is 167 Å². The van der Waals surface area contributed by atoms with Crippen LogP contribution in [0, 0.1) is 11.8 Å². The number of carbonyl (C=O) groups excluding carboxylic acids is 3. The second-order valence-corrected chi connectivity index (χ2v) is 18.2. The van der Waals surface area contributed by atoms with Gasteiger partial charge in [0.25, 0.3) is 0 Å². The molecule has 57 heavy (non-hydrogen) atoms. The summed E-state index contributed by atoms with van der Waals surface area (Å²) in [4.78, 5) is 37.9. The molecule has 0 aliphatic carbocycles. The van der Waals surface area contributed by atoms with Crippen molar-refractivity contribution >= 4 is 17.9 Å². The van der Waals surface area contributed by atoms with Gasteiger partial charge in [0.2, 0.25) is 0 Å². The van der Waals surface area contributed by atoms with E-state index in [2.05, 4.69) is 34.6 Å². The van der Waals surface area contributed by atoms with Crippen molar-refractivity contribution in [1.29, 1.82) is 0 Å². The number of unbranched alkanes of at least 4 members (excludes halogenated alkanes) is 29. The van der Waals surface area contributed by atoms with Crippen LogP contribution in [0.5, 0.6) is 0 Å². The Labute approximate surface area is 355 Å². The molecule has 6 nitrogen and oxygen atoms in total. The maximum Gasteiger partial charge on any atom is 0.306 e. The predicted molar refractivity (Wildman–Crippen MR) is 243 cm³/mol. The standard InChI is InChI=1S/C51H98O6/c1-6-8-9-10-11-12-13-17-20-26-31-36-41-49(52)55-44-48(57-51(54)43-38-33-28-23-22-25-30-35-40-47(5)7-2)45-56-50(53)42-37-32-27-21-18-15-14-16-19-24-29-34-39-46(3)4/h46-48H,6-45H2,1-5H3/t47?,48-/m0/s1. The quantitative estimate of drug-likeness (QED) is 0.0346. The summed E-state index contributed by atoms with van der Waals surface area (Å²) in [6.07, 6.45) is 43.6. The van der Waals surface area contributed by atoms with Gasteiger partial charge in [-0.15, -0.1) is 0 Å². The van der Waals surface area contributed by atoms with Crippen molar-refractivity contribution < 1.29 is 28.6 Å². The summed E-state index contributed by atoms with van der Waals surface area (Å²) >= 11 is 0. The highest BCUT2D eigenvalue weighted by Gasteiger charge is 2.19. The van der Waals surface area contributed by atoms with Gasteiger partial charge < -0.3 is 14.2 Å². The normalized spacial score (nSPS) is 12.5. The zero-order chi connectivity index (χ0) is 41.9. The van der Waals surface area contributed by atoms with Crippen LogP contribution >= 0.6 is 0 Å². The van der Waals surface area contributed by atoms with Crippen LogP contribution in [0.1, 0.15) is 279 Å². The summed E-state index contributed by atoms with van der Waals surface area (Å²) in [6, 6.07) is 0. The van der Waals surface area contributed by atoms with Crippen LogP contribution in [0.15, 0.2) is 0 Å². The van der Waals surface area contributed by atoms with Crippen molar-refractivity contribution in [2.24, 2.45) is 11.8 Å². The molecule has 0 saturated heterocycles. The topological polar surface area (TPSA) is 78.9 Å². The average molecular weight is 807 g/mol. The first-order valence-corrected chi connectivity index (χ1v) is 25.3. The van der Waals surface area contributed by atoms with Gasteiger partial charge in [0.1, 0.15) is 13.2 Å². The second-order valence-electron chi connectivity index (χ2n) is 18.2. The Morgan fingerprint density at radius 3 is 1.00 bits per heavy atom. The van der Waals surface area contributed by atoms with Gasteiger partial charge in [-0.05, 0) is 31.1 Å². The monoisotopic (exact) mass is 807 g/mol. The molecule has 338 valence electrons. The molecule has 2 atom stereocenters. The molecule has 6 heteroatoms. The van der Waals surface area contributed by atoms with E-state index in [4.69, 9.17) is 14.2 Å². The van der Waals surface area contributed by atoms with E-state index >= 15 is 0 Å². The summed E-state index contributed by atoms with van der Waals surface area (Å²) in [6.45, 7) is 11.4. The van der Waals surface area contributed by atoms with Gasteiger partial charge in [0.15, 0.2) is 6.10 Å². The van der Waals surface area contributed by atoms with Crippen molar-refractivity contribution in [1.82, 2.24) is 0 Å². The van der Waals surface area contributed by atoms with Gasteiger partial charge in [0, 0.05) is 19.3 Å². The third kappa shape index (κ3) is 43.8. The largest absolute Gasteiger partial charge is 0.462 e. The molecule has 0 rings (SSSR count). The number of ether oxygens (including phenoxy) is 3. The van der Waals surface area contributed by atoms with Gasteiger partial charge >= 0.3 is 17.9 Å². The van der Waals surface area contributed by atoms with Crippen molar-refractivity contribution in [3.63, 3.8) is 0 Å². The van der Waals surface area contributed by atoms with Crippen LogP contribution in [0.4, 0.5) is 0 Å². The summed E-state index contributed by atoms with van der Waals surface area (Å²) in [5.74, 6) is 0.827. The van der Waals surface area contributed by atoms with Gasteiger partial charge in [-0.25, -0.2) is 0 Å². The Morgan fingerprint density at radius 2 is 0.667 bits per heavy atom. The molecule has 0 fully saturated rings.